The predicted octanol–water partition coefficient (Wildman–Crippen LogP) is 0.0117. The Morgan fingerprint density at radius 2 is 2.40 bits per heavy atom. The lowest BCUT2D eigenvalue weighted by Gasteiger charge is -2.12. The third-order valence-corrected chi connectivity index (χ3v) is 4.16. The molecule has 1 heterocycles. The van der Waals surface area contributed by atoms with E-state index in [0.29, 0.717) is 6.54 Å². The Bertz CT molecular complexity index is 240. The van der Waals surface area contributed by atoms with Crippen LogP contribution in [0, 0.1) is 0 Å². The van der Waals surface area contributed by atoms with Gasteiger partial charge in [-0.1, -0.05) is 6.92 Å². The Balaban J connectivity index is 2.14. The Labute approximate surface area is 93.7 Å². The van der Waals surface area contributed by atoms with Gasteiger partial charge in [0.05, 0.1) is 6.04 Å². The van der Waals surface area contributed by atoms with Crippen LogP contribution in [0.4, 0.5) is 0 Å². The van der Waals surface area contributed by atoms with Gasteiger partial charge in [-0.25, -0.2) is 0 Å². The van der Waals surface area contributed by atoms with Crippen molar-refractivity contribution in [2.45, 2.75) is 37.5 Å². The molecule has 1 aliphatic rings. The predicted molar refractivity (Wildman–Crippen MR) is 62.2 cm³/mol. The molecule has 0 aromatic heterocycles. The molecule has 5 heteroatoms. The average molecular weight is 232 g/mol. The van der Waals surface area contributed by atoms with Gasteiger partial charge in [-0.05, 0) is 25.8 Å². The van der Waals surface area contributed by atoms with Crippen molar-refractivity contribution >= 4 is 16.7 Å². The molecule has 2 N–H and O–H groups in total. The monoisotopic (exact) mass is 232 g/mol. The average Bonchev–Trinajstić information content (AvgIpc) is 2.70. The molecule has 1 rings (SSSR count). The summed E-state index contributed by atoms with van der Waals surface area (Å²) in [6.45, 7) is 3.50. The maximum Gasteiger partial charge on any atom is 0.237 e. The van der Waals surface area contributed by atoms with Crippen molar-refractivity contribution in [1.29, 1.82) is 0 Å². The minimum absolute atomic E-state index is 0.00701. The fourth-order valence-electron chi connectivity index (χ4n) is 1.60. The summed E-state index contributed by atoms with van der Waals surface area (Å²) in [5.74, 6) is 0.0848. The van der Waals surface area contributed by atoms with Crippen molar-refractivity contribution in [3.05, 3.63) is 0 Å². The zero-order valence-electron chi connectivity index (χ0n) is 9.41. The fraction of sp³-hybridized carbons (Fsp3) is 0.900. The first-order valence-corrected chi connectivity index (χ1v) is 7.06. The van der Waals surface area contributed by atoms with Crippen LogP contribution in [-0.2, 0) is 15.6 Å². The molecule has 0 spiro atoms. The zero-order chi connectivity index (χ0) is 11.3. The lowest BCUT2D eigenvalue weighted by atomic mass is 10.2. The zero-order valence-corrected chi connectivity index (χ0v) is 10.2. The lowest BCUT2D eigenvalue weighted by Crippen LogP contribution is -2.41. The van der Waals surface area contributed by atoms with E-state index in [1.54, 1.807) is 6.26 Å². The summed E-state index contributed by atoms with van der Waals surface area (Å²) in [6, 6.07) is -0.00701. The summed E-state index contributed by atoms with van der Waals surface area (Å²) in [4.78, 5) is 11.5. The molecule has 15 heavy (non-hydrogen) atoms. The molecule has 0 bridgehead atoms. The summed E-state index contributed by atoms with van der Waals surface area (Å²) in [7, 11) is -0.794. The molecule has 0 aliphatic carbocycles. The van der Waals surface area contributed by atoms with Crippen molar-refractivity contribution in [2.24, 2.45) is 0 Å². The van der Waals surface area contributed by atoms with Crippen molar-refractivity contribution < 1.29 is 9.00 Å². The van der Waals surface area contributed by atoms with Crippen LogP contribution in [0.25, 0.3) is 0 Å². The summed E-state index contributed by atoms with van der Waals surface area (Å²) in [5.41, 5.74) is 0. The van der Waals surface area contributed by atoms with E-state index in [4.69, 9.17) is 0 Å². The van der Waals surface area contributed by atoms with E-state index in [0.717, 1.165) is 25.8 Å². The molecule has 0 aromatic carbocycles. The number of rotatable bonds is 5. The van der Waals surface area contributed by atoms with Crippen molar-refractivity contribution in [2.75, 3.05) is 19.3 Å². The quantitative estimate of drug-likeness (QED) is 0.702. The second-order valence-corrected chi connectivity index (χ2v) is 5.84. The largest absolute Gasteiger partial charge is 0.355 e. The minimum Gasteiger partial charge on any atom is -0.355 e. The van der Waals surface area contributed by atoms with Gasteiger partial charge in [-0.2, -0.15) is 0 Å². The van der Waals surface area contributed by atoms with Crippen molar-refractivity contribution in [3.63, 3.8) is 0 Å². The summed E-state index contributed by atoms with van der Waals surface area (Å²) in [6.07, 6.45) is 4.49. The SMILES string of the molecule is CC(CCNC(=O)[C@@H]1CCCN1)S(C)=O. The summed E-state index contributed by atoms with van der Waals surface area (Å²) >= 11 is 0. The number of carbonyl (C=O) groups is 1. The van der Waals surface area contributed by atoms with E-state index in [2.05, 4.69) is 10.6 Å². The first kappa shape index (κ1) is 12.6. The molecule has 1 fully saturated rings. The summed E-state index contributed by atoms with van der Waals surface area (Å²) in [5, 5.41) is 6.17. The van der Waals surface area contributed by atoms with Gasteiger partial charge in [0, 0.05) is 28.9 Å². The topological polar surface area (TPSA) is 58.2 Å². The normalized spacial score (nSPS) is 24.8. The minimum atomic E-state index is -0.794. The van der Waals surface area contributed by atoms with Crippen LogP contribution in [-0.4, -0.2) is 40.8 Å². The van der Waals surface area contributed by atoms with Gasteiger partial charge in [0.25, 0.3) is 0 Å². The van der Waals surface area contributed by atoms with E-state index >= 15 is 0 Å². The Morgan fingerprint density at radius 1 is 1.67 bits per heavy atom. The van der Waals surface area contributed by atoms with E-state index in [-0.39, 0.29) is 17.2 Å². The van der Waals surface area contributed by atoms with Crippen LogP contribution in [0.2, 0.25) is 0 Å². The van der Waals surface area contributed by atoms with E-state index in [1.807, 2.05) is 6.92 Å². The first-order chi connectivity index (χ1) is 7.11. The van der Waals surface area contributed by atoms with E-state index in [1.165, 1.54) is 0 Å². The molecule has 1 saturated heterocycles. The third-order valence-electron chi connectivity index (χ3n) is 2.79. The Morgan fingerprint density at radius 3 is 2.93 bits per heavy atom. The van der Waals surface area contributed by atoms with Crippen LogP contribution in [0.5, 0.6) is 0 Å². The van der Waals surface area contributed by atoms with Gasteiger partial charge < -0.3 is 10.6 Å². The van der Waals surface area contributed by atoms with Crippen LogP contribution in [0.3, 0.4) is 0 Å². The van der Waals surface area contributed by atoms with Gasteiger partial charge in [0.2, 0.25) is 5.91 Å². The second-order valence-electron chi connectivity index (χ2n) is 4.04. The molecule has 1 amide bonds. The fourth-order valence-corrected chi connectivity index (χ4v) is 2.05. The molecule has 1 aliphatic heterocycles. The van der Waals surface area contributed by atoms with Gasteiger partial charge in [-0.15, -0.1) is 0 Å². The maximum atomic E-state index is 11.5. The third kappa shape index (κ3) is 4.30. The van der Waals surface area contributed by atoms with E-state index in [9.17, 15) is 9.00 Å². The summed E-state index contributed by atoms with van der Waals surface area (Å²) < 4.78 is 11.1. The Kier molecular flexibility index (Phi) is 5.25. The highest BCUT2D eigenvalue weighted by atomic mass is 32.2. The first-order valence-electron chi connectivity index (χ1n) is 5.44. The van der Waals surface area contributed by atoms with Crippen LogP contribution >= 0.6 is 0 Å². The Hall–Kier alpha value is -0.420. The molecule has 4 nitrogen and oxygen atoms in total. The number of amides is 1. The van der Waals surface area contributed by atoms with Crippen LogP contribution in [0.15, 0.2) is 0 Å². The molecule has 88 valence electrons. The van der Waals surface area contributed by atoms with Crippen molar-refractivity contribution in [3.8, 4) is 0 Å². The van der Waals surface area contributed by atoms with E-state index < -0.39 is 10.8 Å². The highest BCUT2D eigenvalue weighted by Crippen LogP contribution is 2.04. The number of nitrogens with one attached hydrogen (secondary N) is 2. The van der Waals surface area contributed by atoms with Gasteiger partial charge in [0.15, 0.2) is 0 Å². The lowest BCUT2D eigenvalue weighted by molar-refractivity contribution is -0.122. The molecule has 0 aromatic rings. The second kappa shape index (κ2) is 6.23. The number of hydrogen-bond donors (Lipinski definition) is 2. The molecule has 0 radical (unpaired) electrons. The number of carbonyl (C=O) groups excluding carboxylic acids is 1. The maximum absolute atomic E-state index is 11.5. The highest BCUT2D eigenvalue weighted by molar-refractivity contribution is 7.84. The molecular formula is C10H20N2O2S. The molecule has 0 saturated carbocycles. The van der Waals surface area contributed by atoms with Crippen LogP contribution in [0.1, 0.15) is 26.2 Å². The number of hydrogen-bond acceptors (Lipinski definition) is 3. The van der Waals surface area contributed by atoms with Crippen molar-refractivity contribution in [1.82, 2.24) is 10.6 Å². The van der Waals surface area contributed by atoms with Gasteiger partial charge >= 0.3 is 0 Å². The van der Waals surface area contributed by atoms with Crippen LogP contribution < -0.4 is 10.6 Å². The molecule has 2 unspecified atom stereocenters. The van der Waals surface area contributed by atoms with Gasteiger partial charge in [0.1, 0.15) is 0 Å². The highest BCUT2D eigenvalue weighted by Gasteiger charge is 2.21. The standard InChI is InChI=1S/C10H20N2O2S/c1-8(15(2)14)5-7-12-10(13)9-4-3-6-11-9/h8-9,11H,3-7H2,1-2H3,(H,12,13)/t8?,9-,15?/m0/s1. The molecular weight excluding hydrogens is 212 g/mol. The molecule has 3 atom stereocenters. The smallest absolute Gasteiger partial charge is 0.237 e. The van der Waals surface area contributed by atoms with Gasteiger partial charge in [-0.3, -0.25) is 9.00 Å².